The molecule has 1 amide bonds. The van der Waals surface area contributed by atoms with E-state index in [1.807, 2.05) is 4.90 Å². The highest BCUT2D eigenvalue weighted by atomic mass is 35.5. The van der Waals surface area contributed by atoms with Crippen LogP contribution in [0.5, 0.6) is 5.75 Å². The Balaban J connectivity index is 0.00000192. The van der Waals surface area contributed by atoms with Gasteiger partial charge in [-0.05, 0) is 56.3 Å². The number of nitrogens with zero attached hydrogens (tertiary/aromatic N) is 1. The van der Waals surface area contributed by atoms with Crippen LogP contribution in [0.2, 0.25) is 0 Å². The van der Waals surface area contributed by atoms with Gasteiger partial charge >= 0.3 is 0 Å². The zero-order valence-electron chi connectivity index (χ0n) is 13.4. The Labute approximate surface area is 142 Å². The van der Waals surface area contributed by atoms with Crippen LogP contribution in [0.15, 0.2) is 18.2 Å². The smallest absolute Gasteiger partial charge is 0.253 e. The fourth-order valence-electron chi connectivity index (χ4n) is 3.59. The minimum Gasteiger partial charge on any atom is -0.494 e. The van der Waals surface area contributed by atoms with Gasteiger partial charge in [-0.2, -0.15) is 0 Å². The summed E-state index contributed by atoms with van der Waals surface area (Å²) in [5.74, 6) is 0.325. The van der Waals surface area contributed by atoms with Crippen molar-refractivity contribution in [1.82, 2.24) is 10.2 Å². The third-order valence-corrected chi connectivity index (χ3v) is 4.89. The molecular weight excluding hydrogens is 319 g/mol. The average Bonchev–Trinajstić information content (AvgIpc) is 3.09. The molecule has 2 fully saturated rings. The maximum atomic E-state index is 13.4. The van der Waals surface area contributed by atoms with E-state index < -0.39 is 5.82 Å². The summed E-state index contributed by atoms with van der Waals surface area (Å²) in [5, 5.41) is 3.56. The second-order valence-electron chi connectivity index (χ2n) is 6.18. The Kier molecular flexibility index (Phi) is 6.25. The van der Waals surface area contributed by atoms with Crippen LogP contribution in [-0.4, -0.2) is 43.6 Å². The molecule has 1 aromatic rings. The van der Waals surface area contributed by atoms with Crippen LogP contribution in [0.1, 0.15) is 36.0 Å². The van der Waals surface area contributed by atoms with E-state index in [1.165, 1.54) is 38.2 Å². The summed E-state index contributed by atoms with van der Waals surface area (Å²) in [7, 11) is 1.41. The summed E-state index contributed by atoms with van der Waals surface area (Å²) in [6.45, 7) is 2.68. The summed E-state index contributed by atoms with van der Waals surface area (Å²) < 4.78 is 18.4. The van der Waals surface area contributed by atoms with E-state index >= 15 is 0 Å². The lowest BCUT2D eigenvalue weighted by atomic mass is 9.88. The van der Waals surface area contributed by atoms with Crippen LogP contribution in [0.25, 0.3) is 0 Å². The highest BCUT2D eigenvalue weighted by Gasteiger charge is 2.30. The molecule has 1 aromatic carbocycles. The molecule has 0 aromatic heterocycles. The molecule has 2 aliphatic heterocycles. The third-order valence-electron chi connectivity index (χ3n) is 4.89. The Morgan fingerprint density at radius 1 is 1.30 bits per heavy atom. The van der Waals surface area contributed by atoms with Gasteiger partial charge in [-0.15, -0.1) is 12.4 Å². The lowest BCUT2D eigenvalue weighted by Crippen LogP contribution is -2.43. The average molecular weight is 343 g/mol. The van der Waals surface area contributed by atoms with Gasteiger partial charge < -0.3 is 15.0 Å². The second-order valence-corrected chi connectivity index (χ2v) is 6.18. The number of hydrogen-bond acceptors (Lipinski definition) is 3. The van der Waals surface area contributed by atoms with E-state index in [4.69, 9.17) is 4.74 Å². The molecule has 6 heteroatoms. The fourth-order valence-corrected chi connectivity index (χ4v) is 3.59. The SMILES string of the molecule is COc1cc(C(=O)N2CCC(C3CCCN3)CC2)ccc1F.Cl. The maximum Gasteiger partial charge on any atom is 0.253 e. The van der Waals surface area contributed by atoms with Gasteiger partial charge in [-0.3, -0.25) is 4.79 Å². The highest BCUT2D eigenvalue weighted by molar-refractivity contribution is 5.94. The van der Waals surface area contributed by atoms with E-state index in [2.05, 4.69) is 5.32 Å². The molecule has 23 heavy (non-hydrogen) atoms. The van der Waals surface area contributed by atoms with Gasteiger partial charge in [0.1, 0.15) is 0 Å². The van der Waals surface area contributed by atoms with Crippen LogP contribution >= 0.6 is 12.4 Å². The fraction of sp³-hybridized carbons (Fsp3) is 0.588. The van der Waals surface area contributed by atoms with E-state index in [0.717, 1.165) is 32.5 Å². The lowest BCUT2D eigenvalue weighted by molar-refractivity contribution is 0.0674. The molecule has 128 valence electrons. The first kappa shape index (κ1) is 18.0. The molecule has 3 rings (SSSR count). The Morgan fingerprint density at radius 2 is 2.04 bits per heavy atom. The summed E-state index contributed by atoms with van der Waals surface area (Å²) >= 11 is 0. The van der Waals surface area contributed by atoms with Crippen molar-refractivity contribution in [2.24, 2.45) is 5.92 Å². The van der Waals surface area contributed by atoms with Gasteiger partial charge in [0.25, 0.3) is 5.91 Å². The van der Waals surface area contributed by atoms with Crippen LogP contribution < -0.4 is 10.1 Å². The van der Waals surface area contributed by atoms with Crippen molar-refractivity contribution in [1.29, 1.82) is 0 Å². The van der Waals surface area contributed by atoms with Crippen molar-refractivity contribution < 1.29 is 13.9 Å². The third kappa shape index (κ3) is 3.96. The van der Waals surface area contributed by atoms with Crippen molar-refractivity contribution in [3.8, 4) is 5.75 Å². The molecular formula is C17H24ClFN2O2. The molecule has 4 nitrogen and oxygen atoms in total. The summed E-state index contributed by atoms with van der Waals surface area (Å²) in [5.41, 5.74) is 0.496. The number of ether oxygens (including phenoxy) is 1. The van der Waals surface area contributed by atoms with Crippen LogP contribution in [0.3, 0.4) is 0 Å². The number of rotatable bonds is 3. The number of likely N-dealkylation sites (tertiary alicyclic amines) is 1. The van der Waals surface area contributed by atoms with Crippen molar-refractivity contribution >= 4 is 18.3 Å². The number of amides is 1. The normalized spacial score (nSPS) is 21.8. The number of carbonyl (C=O) groups excluding carboxylic acids is 1. The summed E-state index contributed by atoms with van der Waals surface area (Å²) in [4.78, 5) is 14.4. The molecule has 0 radical (unpaired) electrons. The second kappa shape index (κ2) is 7.97. The van der Waals surface area contributed by atoms with E-state index in [0.29, 0.717) is 17.5 Å². The van der Waals surface area contributed by atoms with Gasteiger partial charge in [0.2, 0.25) is 0 Å². The van der Waals surface area contributed by atoms with Gasteiger partial charge in [0, 0.05) is 24.7 Å². The number of methoxy groups -OCH3 is 1. The van der Waals surface area contributed by atoms with Gasteiger partial charge in [0.05, 0.1) is 7.11 Å². The number of benzene rings is 1. The minimum absolute atomic E-state index is 0. The Morgan fingerprint density at radius 3 is 2.65 bits per heavy atom. The summed E-state index contributed by atoms with van der Waals surface area (Å²) in [6.07, 6.45) is 4.61. The van der Waals surface area contributed by atoms with E-state index in [9.17, 15) is 9.18 Å². The Hall–Kier alpha value is -1.33. The quantitative estimate of drug-likeness (QED) is 0.918. The van der Waals surface area contributed by atoms with Crippen LogP contribution in [-0.2, 0) is 0 Å². The van der Waals surface area contributed by atoms with Crippen LogP contribution in [0.4, 0.5) is 4.39 Å². The molecule has 1 N–H and O–H groups in total. The van der Waals surface area contributed by atoms with Crippen molar-refractivity contribution in [3.05, 3.63) is 29.6 Å². The largest absolute Gasteiger partial charge is 0.494 e. The molecule has 2 aliphatic rings. The van der Waals surface area contributed by atoms with Crippen molar-refractivity contribution in [2.45, 2.75) is 31.7 Å². The zero-order valence-corrected chi connectivity index (χ0v) is 14.2. The number of piperidine rings is 1. The predicted octanol–water partition coefficient (Wildman–Crippen LogP) is 2.86. The monoisotopic (exact) mass is 342 g/mol. The summed E-state index contributed by atoms with van der Waals surface area (Å²) in [6, 6.07) is 4.94. The van der Waals surface area contributed by atoms with Crippen molar-refractivity contribution in [2.75, 3.05) is 26.7 Å². The molecule has 2 saturated heterocycles. The first-order chi connectivity index (χ1) is 10.7. The number of hydrogen-bond donors (Lipinski definition) is 1. The van der Waals surface area contributed by atoms with Gasteiger partial charge in [-0.1, -0.05) is 0 Å². The maximum absolute atomic E-state index is 13.4. The molecule has 0 aliphatic carbocycles. The highest BCUT2D eigenvalue weighted by Crippen LogP contribution is 2.27. The molecule has 0 bridgehead atoms. The van der Waals surface area contributed by atoms with Crippen molar-refractivity contribution in [3.63, 3.8) is 0 Å². The minimum atomic E-state index is -0.440. The molecule has 1 atom stereocenters. The number of halogens is 2. The van der Waals surface area contributed by atoms with Gasteiger partial charge in [0.15, 0.2) is 11.6 Å². The molecule has 0 saturated carbocycles. The predicted molar refractivity (Wildman–Crippen MR) is 89.9 cm³/mol. The van der Waals surface area contributed by atoms with E-state index in [1.54, 1.807) is 0 Å². The Bertz CT molecular complexity index is 541. The zero-order chi connectivity index (χ0) is 15.5. The topological polar surface area (TPSA) is 41.6 Å². The number of carbonyl (C=O) groups is 1. The lowest BCUT2D eigenvalue weighted by Gasteiger charge is -2.35. The standard InChI is InChI=1S/C17H23FN2O2.ClH/c1-22-16-11-13(4-5-14(16)18)17(21)20-9-6-12(7-10-20)15-3-2-8-19-15;/h4-5,11-12,15,19H,2-3,6-10H2,1H3;1H. The van der Waals surface area contributed by atoms with Gasteiger partial charge in [-0.25, -0.2) is 4.39 Å². The van der Waals surface area contributed by atoms with Crippen LogP contribution in [0, 0.1) is 11.7 Å². The number of nitrogens with one attached hydrogen (secondary N) is 1. The molecule has 2 heterocycles. The first-order valence-corrected chi connectivity index (χ1v) is 8.05. The molecule has 0 spiro atoms. The molecule has 1 unspecified atom stereocenters. The first-order valence-electron chi connectivity index (χ1n) is 8.05. The van der Waals surface area contributed by atoms with E-state index in [-0.39, 0.29) is 24.1 Å².